The van der Waals surface area contributed by atoms with Crippen LogP contribution in [0.5, 0.6) is 5.75 Å². The monoisotopic (exact) mass is 246 g/mol. The van der Waals surface area contributed by atoms with Crippen molar-refractivity contribution in [1.82, 2.24) is 0 Å². The predicted octanol–water partition coefficient (Wildman–Crippen LogP) is 4.67. The molecular weight excluding hydrogens is 228 g/mol. The molecule has 0 saturated carbocycles. The van der Waals surface area contributed by atoms with E-state index in [4.69, 9.17) is 4.18 Å². The number of fused-ring (bicyclic) bond motifs is 1. The Morgan fingerprint density at radius 2 is 1.71 bits per heavy atom. The van der Waals surface area contributed by atoms with Crippen LogP contribution in [0.15, 0.2) is 30.3 Å². The molecule has 0 aromatic heterocycles. The fourth-order valence-electron chi connectivity index (χ4n) is 2.37. The Morgan fingerprint density at radius 3 is 2.29 bits per heavy atom. The molecule has 0 saturated heterocycles. The normalized spacial score (nSPS) is 11.8. The first-order chi connectivity index (χ1) is 7.95. The van der Waals surface area contributed by atoms with Crippen molar-refractivity contribution >= 4 is 23.7 Å². The third-order valence-corrected chi connectivity index (χ3v) is 3.39. The second kappa shape index (κ2) is 4.26. The second-order valence-electron chi connectivity index (χ2n) is 5.43. The Labute approximate surface area is 108 Å². The Kier molecular flexibility index (Phi) is 3.09. The maximum absolute atomic E-state index is 5.10. The van der Waals surface area contributed by atoms with Gasteiger partial charge in [0.15, 0.2) is 0 Å². The Morgan fingerprint density at radius 1 is 1.00 bits per heavy atom. The summed E-state index contributed by atoms with van der Waals surface area (Å²) in [5, 5.41) is 2.36. The van der Waals surface area contributed by atoms with Gasteiger partial charge in [-0.05, 0) is 34.9 Å². The maximum Gasteiger partial charge on any atom is 0.144 e. The van der Waals surface area contributed by atoms with Crippen LogP contribution < -0.4 is 4.18 Å². The van der Waals surface area contributed by atoms with Gasteiger partial charge in [0.25, 0.3) is 0 Å². The highest BCUT2D eigenvalue weighted by Crippen LogP contribution is 2.34. The van der Waals surface area contributed by atoms with E-state index in [0.717, 1.165) is 11.1 Å². The third kappa shape index (κ3) is 2.14. The van der Waals surface area contributed by atoms with E-state index < -0.39 is 0 Å². The van der Waals surface area contributed by atoms with E-state index >= 15 is 0 Å². The fourth-order valence-corrected chi connectivity index (χ4v) is 2.53. The van der Waals surface area contributed by atoms with Crippen molar-refractivity contribution in [1.29, 1.82) is 0 Å². The zero-order chi connectivity index (χ0) is 12.6. The van der Waals surface area contributed by atoms with Gasteiger partial charge >= 0.3 is 0 Å². The highest BCUT2D eigenvalue weighted by Gasteiger charge is 2.18. The molecule has 0 unspecified atom stereocenters. The van der Waals surface area contributed by atoms with Gasteiger partial charge in [-0.25, -0.2) is 0 Å². The molecule has 0 amide bonds. The van der Waals surface area contributed by atoms with Crippen LogP contribution >= 0.6 is 12.9 Å². The topological polar surface area (TPSA) is 9.23 Å². The fraction of sp³-hybridized carbons (Fsp3) is 0.333. The summed E-state index contributed by atoms with van der Waals surface area (Å²) in [6.07, 6.45) is 0. The Hall–Kier alpha value is -1.15. The van der Waals surface area contributed by atoms with Gasteiger partial charge in [0.1, 0.15) is 5.75 Å². The summed E-state index contributed by atoms with van der Waals surface area (Å²) in [4.78, 5) is 0. The summed E-state index contributed by atoms with van der Waals surface area (Å²) < 4.78 is 5.10. The van der Waals surface area contributed by atoms with Crippen molar-refractivity contribution in [3.63, 3.8) is 0 Å². The minimum Gasteiger partial charge on any atom is -0.428 e. The van der Waals surface area contributed by atoms with Gasteiger partial charge in [0.05, 0.1) is 0 Å². The molecule has 0 aliphatic heterocycles. The molecule has 1 nitrogen and oxygen atoms in total. The van der Waals surface area contributed by atoms with Gasteiger partial charge in [0, 0.05) is 18.3 Å². The minimum absolute atomic E-state index is 0.163. The smallest absolute Gasteiger partial charge is 0.144 e. The van der Waals surface area contributed by atoms with Crippen LogP contribution in [0.1, 0.15) is 31.9 Å². The quantitative estimate of drug-likeness (QED) is 0.568. The summed E-state index contributed by atoms with van der Waals surface area (Å²) in [7, 11) is 0. The Balaban J connectivity index is 2.78. The van der Waals surface area contributed by atoms with Crippen LogP contribution in [-0.2, 0) is 5.41 Å². The van der Waals surface area contributed by atoms with Gasteiger partial charge in [0.2, 0.25) is 0 Å². The van der Waals surface area contributed by atoms with E-state index in [2.05, 4.69) is 58.8 Å². The van der Waals surface area contributed by atoms with Crippen molar-refractivity contribution in [3.8, 4) is 5.75 Å². The predicted molar refractivity (Wildman–Crippen MR) is 77.0 cm³/mol. The summed E-state index contributed by atoms with van der Waals surface area (Å²) in [5.41, 5.74) is 2.86. The van der Waals surface area contributed by atoms with E-state index in [1.165, 1.54) is 16.5 Å². The number of thiol groups is 1. The van der Waals surface area contributed by atoms with Crippen molar-refractivity contribution in [2.45, 2.75) is 33.1 Å². The number of benzene rings is 2. The van der Waals surface area contributed by atoms with Crippen LogP contribution in [0.4, 0.5) is 0 Å². The van der Waals surface area contributed by atoms with Crippen molar-refractivity contribution < 1.29 is 4.18 Å². The van der Waals surface area contributed by atoms with Gasteiger partial charge in [-0.3, -0.25) is 0 Å². The second-order valence-corrected chi connectivity index (χ2v) is 5.61. The molecule has 0 aliphatic rings. The van der Waals surface area contributed by atoms with Gasteiger partial charge < -0.3 is 4.18 Å². The number of hydrogen-bond acceptors (Lipinski definition) is 2. The lowest BCUT2D eigenvalue weighted by Gasteiger charge is -2.23. The van der Waals surface area contributed by atoms with E-state index in [1.807, 2.05) is 12.1 Å². The lowest BCUT2D eigenvalue weighted by molar-refractivity contribution is 0.587. The van der Waals surface area contributed by atoms with Gasteiger partial charge in [-0.15, -0.1) is 0 Å². The number of hydrogen-bond donors (Lipinski definition) is 1. The maximum atomic E-state index is 5.10. The third-order valence-electron chi connectivity index (χ3n) is 3.20. The average molecular weight is 246 g/mol. The van der Waals surface area contributed by atoms with Crippen LogP contribution in [0.2, 0.25) is 0 Å². The zero-order valence-corrected chi connectivity index (χ0v) is 11.6. The number of aryl methyl sites for hydroxylation is 1. The molecule has 0 fully saturated rings. The number of rotatable bonds is 1. The molecule has 90 valence electrons. The average Bonchev–Trinajstić information content (AvgIpc) is 2.27. The molecule has 2 rings (SSSR count). The van der Waals surface area contributed by atoms with Gasteiger partial charge in [-0.2, -0.15) is 0 Å². The summed E-state index contributed by atoms with van der Waals surface area (Å²) in [6.45, 7) is 8.88. The van der Waals surface area contributed by atoms with E-state index in [-0.39, 0.29) is 5.41 Å². The van der Waals surface area contributed by atoms with E-state index in [9.17, 15) is 0 Å². The standard InChI is InChI=1S/C15H18OS/c1-10-11-6-5-7-14(16-17)12(11)8-9-13(10)15(2,3)4/h5-9,17H,1-4H3. The minimum atomic E-state index is 0.163. The highest BCUT2D eigenvalue weighted by molar-refractivity contribution is 7.75. The molecule has 2 aromatic carbocycles. The summed E-state index contributed by atoms with van der Waals surface area (Å²) >= 11 is 3.90. The molecule has 2 heteroatoms. The van der Waals surface area contributed by atoms with Crippen LogP contribution in [0.3, 0.4) is 0 Å². The summed E-state index contributed by atoms with van der Waals surface area (Å²) in [5.74, 6) is 0.814. The SMILES string of the molecule is Cc1c(C(C)(C)C)ccc2c(OS)cccc12. The lowest BCUT2D eigenvalue weighted by atomic mass is 9.82. The molecule has 0 aliphatic carbocycles. The molecule has 0 radical (unpaired) electrons. The lowest BCUT2D eigenvalue weighted by Crippen LogP contribution is -2.13. The van der Waals surface area contributed by atoms with Crippen molar-refractivity contribution in [3.05, 3.63) is 41.5 Å². The molecule has 17 heavy (non-hydrogen) atoms. The molecule has 2 aromatic rings. The first-order valence-corrected chi connectivity index (χ1v) is 6.16. The van der Waals surface area contributed by atoms with Crippen LogP contribution in [0, 0.1) is 6.92 Å². The van der Waals surface area contributed by atoms with E-state index in [0.29, 0.717) is 0 Å². The van der Waals surface area contributed by atoms with Gasteiger partial charge in [-0.1, -0.05) is 45.0 Å². The van der Waals surface area contributed by atoms with Crippen LogP contribution in [-0.4, -0.2) is 0 Å². The van der Waals surface area contributed by atoms with Crippen LogP contribution in [0.25, 0.3) is 10.8 Å². The molecular formula is C15H18OS. The molecule has 0 spiro atoms. The molecule has 0 atom stereocenters. The van der Waals surface area contributed by atoms with Crippen molar-refractivity contribution in [2.75, 3.05) is 0 Å². The van der Waals surface area contributed by atoms with Crippen molar-refractivity contribution in [2.24, 2.45) is 0 Å². The largest absolute Gasteiger partial charge is 0.428 e. The molecule has 0 bridgehead atoms. The van der Waals surface area contributed by atoms with E-state index in [1.54, 1.807) is 0 Å². The first kappa shape index (κ1) is 12.3. The first-order valence-electron chi connectivity index (χ1n) is 5.79. The molecule has 0 N–H and O–H groups in total. The summed E-state index contributed by atoms with van der Waals surface area (Å²) in [6, 6.07) is 10.4. The highest BCUT2D eigenvalue weighted by atomic mass is 32.1. The molecule has 0 heterocycles. The zero-order valence-electron chi connectivity index (χ0n) is 10.7. The Bertz CT molecular complexity index is 553.